The van der Waals surface area contributed by atoms with Crippen molar-refractivity contribution in [2.75, 3.05) is 6.54 Å². The molecule has 0 aromatic rings. The van der Waals surface area contributed by atoms with Gasteiger partial charge in [-0.1, -0.05) is 26.7 Å². The lowest BCUT2D eigenvalue weighted by atomic mass is 9.70. The van der Waals surface area contributed by atoms with Gasteiger partial charge in [-0.25, -0.2) is 0 Å². The molecule has 3 atom stereocenters. The monoisotopic (exact) mass is 221 g/mol. The third kappa shape index (κ3) is 1.92. The number of hydrogen-bond donors (Lipinski definition) is 1. The Hall–Kier alpha value is -0.0400. The van der Waals surface area contributed by atoms with Crippen molar-refractivity contribution in [3.8, 4) is 0 Å². The molecule has 3 aliphatic carbocycles. The zero-order valence-corrected chi connectivity index (χ0v) is 11.0. The van der Waals surface area contributed by atoms with Crippen LogP contribution in [0.3, 0.4) is 0 Å². The Bertz CT molecular complexity index is 256. The molecule has 0 bridgehead atoms. The molecular formula is C15H27N. The summed E-state index contributed by atoms with van der Waals surface area (Å²) in [6.07, 6.45) is 10.5. The summed E-state index contributed by atoms with van der Waals surface area (Å²) in [4.78, 5) is 0. The lowest BCUT2D eigenvalue weighted by Crippen LogP contribution is -2.30. The minimum atomic E-state index is 0.786. The van der Waals surface area contributed by atoms with Crippen molar-refractivity contribution in [2.45, 2.75) is 64.8 Å². The van der Waals surface area contributed by atoms with Gasteiger partial charge in [-0.3, -0.25) is 0 Å². The van der Waals surface area contributed by atoms with Gasteiger partial charge in [-0.15, -0.1) is 0 Å². The molecule has 92 valence electrons. The van der Waals surface area contributed by atoms with Crippen molar-refractivity contribution in [3.63, 3.8) is 0 Å². The number of rotatable bonds is 4. The molecule has 1 nitrogen and oxygen atoms in total. The molecule has 3 aliphatic rings. The Labute approximate surface area is 100 Å². The van der Waals surface area contributed by atoms with Crippen LogP contribution < -0.4 is 5.32 Å². The highest BCUT2D eigenvalue weighted by Crippen LogP contribution is 2.65. The van der Waals surface area contributed by atoms with Crippen molar-refractivity contribution in [3.05, 3.63) is 0 Å². The Kier molecular flexibility index (Phi) is 2.78. The summed E-state index contributed by atoms with van der Waals surface area (Å²) >= 11 is 0. The predicted octanol–water partition coefficient (Wildman–Crippen LogP) is 3.59. The SMILES string of the molecule is CC(C)C1CCCCC12CC2CNC1CC1. The Morgan fingerprint density at radius 3 is 2.69 bits per heavy atom. The van der Waals surface area contributed by atoms with E-state index in [0.29, 0.717) is 0 Å². The maximum Gasteiger partial charge on any atom is 0.00683 e. The summed E-state index contributed by atoms with van der Waals surface area (Å²) in [5.74, 6) is 2.97. The number of hydrogen-bond acceptors (Lipinski definition) is 1. The first kappa shape index (κ1) is 11.1. The zero-order chi connectivity index (χ0) is 11.2. The van der Waals surface area contributed by atoms with Crippen LogP contribution in [0.1, 0.15) is 58.8 Å². The van der Waals surface area contributed by atoms with Crippen LogP contribution >= 0.6 is 0 Å². The fourth-order valence-corrected chi connectivity index (χ4v) is 4.32. The molecule has 0 aliphatic heterocycles. The third-order valence-corrected chi connectivity index (χ3v) is 5.46. The molecule has 0 radical (unpaired) electrons. The van der Waals surface area contributed by atoms with Crippen LogP contribution in [0.4, 0.5) is 0 Å². The highest BCUT2D eigenvalue weighted by Gasteiger charge is 2.59. The molecule has 0 aromatic heterocycles. The van der Waals surface area contributed by atoms with Gasteiger partial charge in [0, 0.05) is 6.04 Å². The van der Waals surface area contributed by atoms with Gasteiger partial charge >= 0.3 is 0 Å². The fraction of sp³-hybridized carbons (Fsp3) is 1.00. The van der Waals surface area contributed by atoms with Crippen molar-refractivity contribution in [2.24, 2.45) is 23.2 Å². The van der Waals surface area contributed by atoms with E-state index in [1.807, 2.05) is 0 Å². The third-order valence-electron chi connectivity index (χ3n) is 5.46. The normalized spacial score (nSPS) is 42.9. The van der Waals surface area contributed by atoms with E-state index in [4.69, 9.17) is 0 Å². The first-order chi connectivity index (χ1) is 7.72. The minimum Gasteiger partial charge on any atom is -0.314 e. The first-order valence-electron chi connectivity index (χ1n) is 7.46. The average molecular weight is 221 g/mol. The van der Waals surface area contributed by atoms with E-state index in [0.717, 1.165) is 29.2 Å². The van der Waals surface area contributed by atoms with Gasteiger partial charge in [0.2, 0.25) is 0 Å². The van der Waals surface area contributed by atoms with E-state index in [1.165, 1.54) is 51.5 Å². The second-order valence-electron chi connectivity index (χ2n) is 6.91. The quantitative estimate of drug-likeness (QED) is 0.765. The second kappa shape index (κ2) is 4.01. The van der Waals surface area contributed by atoms with Crippen LogP contribution in [0.5, 0.6) is 0 Å². The van der Waals surface area contributed by atoms with Crippen molar-refractivity contribution < 1.29 is 0 Å². The highest BCUT2D eigenvalue weighted by atomic mass is 15.0. The van der Waals surface area contributed by atoms with Gasteiger partial charge in [-0.2, -0.15) is 0 Å². The van der Waals surface area contributed by atoms with Crippen LogP contribution in [-0.4, -0.2) is 12.6 Å². The highest BCUT2D eigenvalue weighted by molar-refractivity contribution is 5.09. The lowest BCUT2D eigenvalue weighted by molar-refractivity contribution is 0.141. The molecule has 3 saturated carbocycles. The van der Waals surface area contributed by atoms with E-state index in [2.05, 4.69) is 19.2 Å². The topological polar surface area (TPSA) is 12.0 Å². The Morgan fingerprint density at radius 1 is 1.19 bits per heavy atom. The van der Waals surface area contributed by atoms with Gasteiger partial charge < -0.3 is 5.32 Å². The molecule has 0 amide bonds. The Morgan fingerprint density at radius 2 is 2.00 bits per heavy atom. The Balaban J connectivity index is 1.58. The summed E-state index contributed by atoms with van der Waals surface area (Å²) < 4.78 is 0. The van der Waals surface area contributed by atoms with Crippen LogP contribution in [-0.2, 0) is 0 Å². The van der Waals surface area contributed by atoms with Crippen LogP contribution in [0, 0.1) is 23.2 Å². The summed E-state index contributed by atoms with van der Waals surface area (Å²) in [5, 5.41) is 3.75. The molecule has 16 heavy (non-hydrogen) atoms. The molecule has 0 saturated heterocycles. The molecule has 3 fully saturated rings. The zero-order valence-electron chi connectivity index (χ0n) is 11.0. The average Bonchev–Trinajstić information content (AvgIpc) is 3.13. The van der Waals surface area contributed by atoms with E-state index >= 15 is 0 Å². The minimum absolute atomic E-state index is 0.786. The van der Waals surface area contributed by atoms with Gasteiger partial charge in [0.05, 0.1) is 0 Å². The number of nitrogens with one attached hydrogen (secondary N) is 1. The fourth-order valence-electron chi connectivity index (χ4n) is 4.32. The smallest absolute Gasteiger partial charge is 0.00683 e. The maximum absolute atomic E-state index is 3.75. The molecule has 0 aromatic carbocycles. The van der Waals surface area contributed by atoms with Crippen molar-refractivity contribution >= 4 is 0 Å². The van der Waals surface area contributed by atoms with E-state index in [-0.39, 0.29) is 0 Å². The molecule has 3 unspecified atom stereocenters. The van der Waals surface area contributed by atoms with Crippen LogP contribution in [0.15, 0.2) is 0 Å². The largest absolute Gasteiger partial charge is 0.314 e. The van der Waals surface area contributed by atoms with Crippen LogP contribution in [0.2, 0.25) is 0 Å². The predicted molar refractivity (Wildman–Crippen MR) is 68.4 cm³/mol. The molecular weight excluding hydrogens is 194 g/mol. The lowest BCUT2D eigenvalue weighted by Gasteiger charge is -2.36. The van der Waals surface area contributed by atoms with Crippen LogP contribution in [0.25, 0.3) is 0 Å². The first-order valence-corrected chi connectivity index (χ1v) is 7.46. The second-order valence-corrected chi connectivity index (χ2v) is 6.91. The molecule has 0 heterocycles. The maximum atomic E-state index is 3.75. The van der Waals surface area contributed by atoms with Gasteiger partial charge in [-0.05, 0) is 61.8 Å². The summed E-state index contributed by atoms with van der Waals surface area (Å²) in [7, 11) is 0. The van der Waals surface area contributed by atoms with E-state index in [1.54, 1.807) is 0 Å². The van der Waals surface area contributed by atoms with Gasteiger partial charge in [0.15, 0.2) is 0 Å². The van der Waals surface area contributed by atoms with Gasteiger partial charge in [0.1, 0.15) is 0 Å². The molecule has 1 heteroatoms. The van der Waals surface area contributed by atoms with Crippen molar-refractivity contribution in [1.29, 1.82) is 0 Å². The van der Waals surface area contributed by atoms with Gasteiger partial charge in [0.25, 0.3) is 0 Å². The summed E-state index contributed by atoms with van der Waals surface area (Å²) in [6.45, 7) is 6.22. The van der Waals surface area contributed by atoms with Crippen molar-refractivity contribution in [1.82, 2.24) is 5.32 Å². The van der Waals surface area contributed by atoms with E-state index < -0.39 is 0 Å². The molecule has 3 rings (SSSR count). The molecule has 1 N–H and O–H groups in total. The summed E-state index contributed by atoms with van der Waals surface area (Å²) in [6, 6.07) is 0.902. The molecule has 1 spiro atoms. The standard InChI is InChI=1S/C15H27N/c1-11(2)14-5-3-4-8-15(14)9-12(15)10-16-13-6-7-13/h11-14,16H,3-10H2,1-2H3. The van der Waals surface area contributed by atoms with E-state index in [9.17, 15) is 0 Å². The summed E-state index contributed by atoms with van der Waals surface area (Å²) in [5.41, 5.74) is 0.786.